The van der Waals surface area contributed by atoms with E-state index in [-0.39, 0.29) is 0 Å². The standard InChI is InChI=1S/C19H42P/c1-5-9-12-15-18-20(8-4,17-14-11-7-3)19-16-13-10-6-2/h5-19H2,1-4H3/q+1. The molecule has 0 aliphatic rings. The Hall–Kier alpha value is 0.430. The molecule has 0 nitrogen and oxygen atoms in total. The molecule has 0 bridgehead atoms. The SMILES string of the molecule is CCCCCC[P+](CC)(CCCCC)CCCCCC. The fraction of sp³-hybridized carbons (Fsp3) is 1.00. The lowest BCUT2D eigenvalue weighted by atomic mass is 10.2. The molecular weight excluding hydrogens is 259 g/mol. The molecule has 0 spiro atoms. The molecule has 0 aromatic rings. The van der Waals surface area contributed by atoms with Crippen molar-refractivity contribution in [2.75, 3.05) is 24.6 Å². The summed E-state index contributed by atoms with van der Waals surface area (Å²) in [6.07, 6.45) is 22.4. The van der Waals surface area contributed by atoms with Crippen molar-refractivity contribution in [2.45, 2.75) is 98.3 Å². The fourth-order valence-electron chi connectivity index (χ4n) is 3.25. The van der Waals surface area contributed by atoms with E-state index in [4.69, 9.17) is 0 Å². The molecule has 0 rings (SSSR count). The van der Waals surface area contributed by atoms with Crippen LogP contribution in [0.3, 0.4) is 0 Å². The van der Waals surface area contributed by atoms with E-state index in [1.165, 1.54) is 76.8 Å². The van der Waals surface area contributed by atoms with E-state index in [0.29, 0.717) is 0 Å². The Morgan fingerprint density at radius 3 is 1.15 bits per heavy atom. The maximum absolute atomic E-state index is 2.50. The first-order valence-electron chi connectivity index (χ1n) is 9.59. The van der Waals surface area contributed by atoms with Gasteiger partial charge in [-0.05, 0) is 39.0 Å². The van der Waals surface area contributed by atoms with Crippen molar-refractivity contribution in [1.29, 1.82) is 0 Å². The minimum absolute atomic E-state index is 0.587. The van der Waals surface area contributed by atoms with Crippen LogP contribution in [-0.4, -0.2) is 24.6 Å². The van der Waals surface area contributed by atoms with Gasteiger partial charge in [0.2, 0.25) is 0 Å². The van der Waals surface area contributed by atoms with Crippen LogP contribution in [0.4, 0.5) is 0 Å². The van der Waals surface area contributed by atoms with E-state index in [2.05, 4.69) is 27.7 Å². The molecule has 1 heteroatoms. The molecule has 0 aromatic heterocycles. The maximum atomic E-state index is 2.50. The molecule has 0 aromatic carbocycles. The Morgan fingerprint density at radius 1 is 0.450 bits per heavy atom. The topological polar surface area (TPSA) is 0 Å². The van der Waals surface area contributed by atoms with E-state index >= 15 is 0 Å². The average molecular weight is 302 g/mol. The third kappa shape index (κ3) is 10.2. The third-order valence-corrected chi connectivity index (χ3v) is 10.0. The van der Waals surface area contributed by atoms with Crippen molar-refractivity contribution < 1.29 is 0 Å². The summed E-state index contributed by atoms with van der Waals surface area (Å²) >= 11 is 0. The molecule has 0 amide bonds. The summed E-state index contributed by atoms with van der Waals surface area (Å²) in [6.45, 7) is 9.50. The van der Waals surface area contributed by atoms with E-state index in [0.717, 1.165) is 0 Å². The molecule has 0 saturated heterocycles. The highest BCUT2D eigenvalue weighted by atomic mass is 31.2. The van der Waals surface area contributed by atoms with Crippen LogP contribution in [0.25, 0.3) is 0 Å². The Bertz CT molecular complexity index is 176. The van der Waals surface area contributed by atoms with Gasteiger partial charge in [-0.2, -0.15) is 0 Å². The predicted octanol–water partition coefficient (Wildman–Crippen LogP) is 7.37. The second-order valence-electron chi connectivity index (χ2n) is 6.66. The van der Waals surface area contributed by atoms with Crippen LogP contribution >= 0.6 is 7.26 Å². The molecule has 0 atom stereocenters. The van der Waals surface area contributed by atoms with Gasteiger partial charge in [-0.3, -0.25) is 0 Å². The summed E-state index contributed by atoms with van der Waals surface area (Å²) in [4.78, 5) is 0. The summed E-state index contributed by atoms with van der Waals surface area (Å²) in [6, 6.07) is 0. The Morgan fingerprint density at radius 2 is 0.800 bits per heavy atom. The zero-order chi connectivity index (χ0) is 15.1. The fourth-order valence-corrected chi connectivity index (χ4v) is 7.56. The number of hydrogen-bond donors (Lipinski definition) is 0. The molecule has 0 aliphatic carbocycles. The van der Waals surface area contributed by atoms with E-state index < -0.39 is 7.26 Å². The second-order valence-corrected chi connectivity index (χ2v) is 11.3. The van der Waals surface area contributed by atoms with Crippen LogP contribution < -0.4 is 0 Å². The van der Waals surface area contributed by atoms with E-state index in [9.17, 15) is 0 Å². The second kappa shape index (κ2) is 14.4. The van der Waals surface area contributed by atoms with Crippen LogP contribution in [-0.2, 0) is 0 Å². The summed E-state index contributed by atoms with van der Waals surface area (Å²) in [5, 5.41) is 0. The largest absolute Gasteiger partial charge is 0.0654 e. The van der Waals surface area contributed by atoms with Crippen molar-refractivity contribution in [1.82, 2.24) is 0 Å². The molecule has 122 valence electrons. The highest BCUT2D eigenvalue weighted by Gasteiger charge is 2.33. The van der Waals surface area contributed by atoms with Crippen molar-refractivity contribution >= 4 is 7.26 Å². The first-order valence-corrected chi connectivity index (χ1v) is 12.1. The van der Waals surface area contributed by atoms with Crippen LogP contribution in [0.2, 0.25) is 0 Å². The van der Waals surface area contributed by atoms with Gasteiger partial charge in [0.05, 0.1) is 24.6 Å². The van der Waals surface area contributed by atoms with Crippen LogP contribution in [0, 0.1) is 0 Å². The zero-order valence-electron chi connectivity index (χ0n) is 15.1. The molecule has 0 heterocycles. The molecule has 0 unspecified atom stereocenters. The van der Waals surface area contributed by atoms with Gasteiger partial charge in [-0.25, -0.2) is 0 Å². The quantitative estimate of drug-likeness (QED) is 0.219. The summed E-state index contributed by atoms with van der Waals surface area (Å²) in [7, 11) is -0.587. The number of hydrogen-bond acceptors (Lipinski definition) is 0. The van der Waals surface area contributed by atoms with Crippen molar-refractivity contribution in [2.24, 2.45) is 0 Å². The summed E-state index contributed by atoms with van der Waals surface area (Å²) in [5.74, 6) is 0. The van der Waals surface area contributed by atoms with Gasteiger partial charge < -0.3 is 0 Å². The van der Waals surface area contributed by atoms with Gasteiger partial charge in [0.25, 0.3) is 0 Å². The van der Waals surface area contributed by atoms with Gasteiger partial charge in [-0.1, -0.05) is 59.3 Å². The first kappa shape index (κ1) is 20.4. The Balaban J connectivity index is 4.20. The molecule has 0 radical (unpaired) electrons. The monoisotopic (exact) mass is 301 g/mol. The minimum atomic E-state index is -0.587. The molecular formula is C19H42P+. The van der Waals surface area contributed by atoms with Crippen molar-refractivity contribution in [3.8, 4) is 0 Å². The molecule has 0 fully saturated rings. The zero-order valence-corrected chi connectivity index (χ0v) is 15.9. The van der Waals surface area contributed by atoms with Gasteiger partial charge in [0.1, 0.15) is 0 Å². The molecule has 20 heavy (non-hydrogen) atoms. The first-order chi connectivity index (χ1) is 9.74. The van der Waals surface area contributed by atoms with Gasteiger partial charge in [0.15, 0.2) is 0 Å². The Kier molecular flexibility index (Phi) is 14.7. The van der Waals surface area contributed by atoms with Crippen molar-refractivity contribution in [3.05, 3.63) is 0 Å². The lowest BCUT2D eigenvalue weighted by Gasteiger charge is -2.27. The van der Waals surface area contributed by atoms with Gasteiger partial charge in [0, 0.05) is 7.26 Å². The molecule has 0 aliphatic heterocycles. The van der Waals surface area contributed by atoms with Crippen molar-refractivity contribution in [3.63, 3.8) is 0 Å². The highest BCUT2D eigenvalue weighted by molar-refractivity contribution is 7.75. The maximum Gasteiger partial charge on any atom is 0.0594 e. The third-order valence-electron chi connectivity index (χ3n) is 4.88. The van der Waals surface area contributed by atoms with Crippen LogP contribution in [0.1, 0.15) is 98.3 Å². The van der Waals surface area contributed by atoms with E-state index in [1.807, 2.05) is 0 Å². The normalized spacial score (nSPS) is 12.0. The lowest BCUT2D eigenvalue weighted by molar-refractivity contribution is 0.689. The van der Waals surface area contributed by atoms with Gasteiger partial charge >= 0.3 is 0 Å². The highest BCUT2D eigenvalue weighted by Crippen LogP contribution is 2.60. The van der Waals surface area contributed by atoms with Crippen LogP contribution in [0.15, 0.2) is 0 Å². The van der Waals surface area contributed by atoms with E-state index in [1.54, 1.807) is 18.5 Å². The summed E-state index contributed by atoms with van der Waals surface area (Å²) < 4.78 is 0. The number of rotatable bonds is 15. The smallest absolute Gasteiger partial charge is 0.0594 e. The molecule has 0 N–H and O–H groups in total. The predicted molar refractivity (Wildman–Crippen MR) is 99.9 cm³/mol. The Labute approximate surface area is 130 Å². The van der Waals surface area contributed by atoms with Crippen LogP contribution in [0.5, 0.6) is 0 Å². The molecule has 0 saturated carbocycles. The summed E-state index contributed by atoms with van der Waals surface area (Å²) in [5.41, 5.74) is 0. The average Bonchev–Trinajstić information content (AvgIpc) is 2.47. The number of unbranched alkanes of at least 4 members (excludes halogenated alkanes) is 8. The van der Waals surface area contributed by atoms with Gasteiger partial charge in [-0.15, -0.1) is 0 Å². The lowest BCUT2D eigenvalue weighted by Crippen LogP contribution is -2.11. The minimum Gasteiger partial charge on any atom is -0.0654 e.